The van der Waals surface area contributed by atoms with Crippen LogP contribution in [0.3, 0.4) is 0 Å². The number of nitrogens with zero attached hydrogens (tertiary/aromatic N) is 2. The van der Waals surface area contributed by atoms with Gasteiger partial charge >= 0.3 is 0 Å². The fourth-order valence-corrected chi connectivity index (χ4v) is 2.76. The first-order chi connectivity index (χ1) is 8.65. The highest BCUT2D eigenvalue weighted by molar-refractivity contribution is 6.03. The van der Waals surface area contributed by atoms with E-state index in [9.17, 15) is 9.59 Å². The van der Waals surface area contributed by atoms with Crippen LogP contribution in [0.25, 0.3) is 0 Å². The Morgan fingerprint density at radius 1 is 0.889 bits per heavy atom. The molecule has 0 N–H and O–H groups in total. The lowest BCUT2D eigenvalue weighted by Crippen LogP contribution is -2.23. The SMILES string of the molecule is CCN1Cc2cc3c(cc2C1=O)CN(CC)C3=O. The Kier molecular flexibility index (Phi) is 2.40. The molecule has 0 bridgehead atoms. The van der Waals surface area contributed by atoms with Crippen LogP contribution in [0.4, 0.5) is 0 Å². The molecular formula is C14H16N2O2. The number of hydrogen-bond donors (Lipinski definition) is 0. The highest BCUT2D eigenvalue weighted by Crippen LogP contribution is 2.30. The Labute approximate surface area is 106 Å². The Hall–Kier alpha value is -1.84. The van der Waals surface area contributed by atoms with Gasteiger partial charge in [-0.1, -0.05) is 0 Å². The molecule has 18 heavy (non-hydrogen) atoms. The van der Waals surface area contributed by atoms with Crippen LogP contribution in [-0.4, -0.2) is 34.7 Å². The van der Waals surface area contributed by atoms with Crippen LogP contribution < -0.4 is 0 Å². The van der Waals surface area contributed by atoms with Crippen LogP contribution in [0.15, 0.2) is 12.1 Å². The molecule has 2 aliphatic heterocycles. The van der Waals surface area contributed by atoms with Crippen molar-refractivity contribution in [2.45, 2.75) is 26.9 Å². The Morgan fingerprint density at radius 3 is 1.61 bits per heavy atom. The first-order valence-electron chi connectivity index (χ1n) is 6.40. The number of rotatable bonds is 2. The van der Waals surface area contributed by atoms with Gasteiger partial charge in [-0.05, 0) is 37.1 Å². The summed E-state index contributed by atoms with van der Waals surface area (Å²) in [4.78, 5) is 27.8. The zero-order chi connectivity index (χ0) is 12.9. The smallest absolute Gasteiger partial charge is 0.254 e. The summed E-state index contributed by atoms with van der Waals surface area (Å²) in [6, 6.07) is 3.83. The predicted molar refractivity (Wildman–Crippen MR) is 67.3 cm³/mol. The van der Waals surface area contributed by atoms with E-state index >= 15 is 0 Å². The second kappa shape index (κ2) is 3.83. The number of benzene rings is 1. The standard InChI is InChI=1S/C14H16N2O2/c1-3-15-7-9-5-12-10(6-11(9)13(15)17)8-16(4-2)14(12)18/h5-6H,3-4,7-8H2,1-2H3. The van der Waals surface area contributed by atoms with E-state index in [0.29, 0.717) is 26.2 Å². The maximum Gasteiger partial charge on any atom is 0.254 e. The number of carbonyl (C=O) groups is 2. The van der Waals surface area contributed by atoms with Crippen LogP contribution in [0.1, 0.15) is 45.7 Å². The zero-order valence-corrected chi connectivity index (χ0v) is 10.7. The van der Waals surface area contributed by atoms with Crippen molar-refractivity contribution in [2.24, 2.45) is 0 Å². The van der Waals surface area contributed by atoms with Gasteiger partial charge in [0.2, 0.25) is 0 Å². The molecule has 0 fully saturated rings. The monoisotopic (exact) mass is 244 g/mol. The van der Waals surface area contributed by atoms with Crippen molar-refractivity contribution in [2.75, 3.05) is 13.1 Å². The van der Waals surface area contributed by atoms with Crippen molar-refractivity contribution in [3.8, 4) is 0 Å². The maximum absolute atomic E-state index is 12.1. The maximum atomic E-state index is 12.1. The molecule has 0 saturated carbocycles. The van der Waals surface area contributed by atoms with Crippen LogP contribution in [0.2, 0.25) is 0 Å². The third-order valence-corrected chi connectivity index (χ3v) is 3.85. The molecule has 4 heteroatoms. The van der Waals surface area contributed by atoms with Crippen LogP contribution in [0.5, 0.6) is 0 Å². The van der Waals surface area contributed by atoms with E-state index in [0.717, 1.165) is 22.3 Å². The summed E-state index contributed by atoms with van der Waals surface area (Å²) in [5.74, 6) is 0.190. The van der Waals surface area contributed by atoms with Crippen molar-refractivity contribution in [3.05, 3.63) is 34.4 Å². The van der Waals surface area contributed by atoms with Gasteiger partial charge in [0.05, 0.1) is 0 Å². The summed E-state index contributed by atoms with van der Waals surface area (Å²) >= 11 is 0. The Morgan fingerprint density at radius 2 is 1.28 bits per heavy atom. The van der Waals surface area contributed by atoms with Gasteiger partial charge in [0.15, 0.2) is 0 Å². The first kappa shape index (κ1) is 11.3. The van der Waals surface area contributed by atoms with Crippen LogP contribution in [0, 0.1) is 0 Å². The lowest BCUT2D eigenvalue weighted by atomic mass is 10.0. The van der Waals surface area contributed by atoms with Crippen molar-refractivity contribution >= 4 is 11.8 Å². The molecule has 94 valence electrons. The number of fused-ring (bicyclic) bond motifs is 2. The molecule has 1 aromatic rings. The average Bonchev–Trinajstić information content (AvgIpc) is 2.86. The minimum Gasteiger partial charge on any atom is -0.335 e. The third-order valence-electron chi connectivity index (χ3n) is 3.85. The van der Waals surface area contributed by atoms with E-state index in [1.807, 2.05) is 35.8 Å². The number of hydrogen-bond acceptors (Lipinski definition) is 2. The van der Waals surface area contributed by atoms with Gasteiger partial charge in [-0.25, -0.2) is 0 Å². The van der Waals surface area contributed by atoms with Crippen molar-refractivity contribution in [1.29, 1.82) is 0 Å². The molecule has 0 aromatic heterocycles. The lowest BCUT2D eigenvalue weighted by Gasteiger charge is -2.12. The number of carbonyl (C=O) groups excluding carboxylic acids is 2. The van der Waals surface area contributed by atoms with Crippen LogP contribution >= 0.6 is 0 Å². The highest BCUT2D eigenvalue weighted by atomic mass is 16.2. The quantitative estimate of drug-likeness (QED) is 0.793. The van der Waals surface area contributed by atoms with Gasteiger partial charge in [0, 0.05) is 37.3 Å². The van der Waals surface area contributed by atoms with Crippen molar-refractivity contribution in [3.63, 3.8) is 0 Å². The minimum absolute atomic E-state index is 0.0951. The van der Waals surface area contributed by atoms with E-state index in [1.165, 1.54) is 0 Å². The predicted octanol–water partition coefficient (Wildman–Crippen LogP) is 1.64. The largest absolute Gasteiger partial charge is 0.335 e. The van der Waals surface area contributed by atoms with Gasteiger partial charge in [0.25, 0.3) is 11.8 Å². The van der Waals surface area contributed by atoms with E-state index in [-0.39, 0.29) is 11.8 Å². The summed E-state index contributed by atoms with van der Waals surface area (Å²) < 4.78 is 0. The van der Waals surface area contributed by atoms with Gasteiger partial charge < -0.3 is 9.80 Å². The molecule has 2 amide bonds. The normalized spacial score (nSPS) is 17.4. The molecule has 2 heterocycles. The van der Waals surface area contributed by atoms with Crippen LogP contribution in [-0.2, 0) is 13.1 Å². The highest BCUT2D eigenvalue weighted by Gasteiger charge is 2.32. The zero-order valence-electron chi connectivity index (χ0n) is 10.7. The van der Waals surface area contributed by atoms with E-state index in [2.05, 4.69) is 0 Å². The summed E-state index contributed by atoms with van der Waals surface area (Å²) in [5, 5.41) is 0. The van der Waals surface area contributed by atoms with Gasteiger partial charge in [-0.15, -0.1) is 0 Å². The molecule has 3 rings (SSSR count). The lowest BCUT2D eigenvalue weighted by molar-refractivity contribution is 0.0783. The van der Waals surface area contributed by atoms with Gasteiger partial charge in [-0.2, -0.15) is 0 Å². The summed E-state index contributed by atoms with van der Waals surface area (Å²) in [6.07, 6.45) is 0. The molecule has 0 unspecified atom stereocenters. The molecule has 0 saturated heterocycles. The molecule has 2 aliphatic rings. The molecule has 1 aromatic carbocycles. The molecule has 4 nitrogen and oxygen atoms in total. The second-order valence-corrected chi connectivity index (χ2v) is 4.81. The molecule has 0 spiro atoms. The summed E-state index contributed by atoms with van der Waals surface area (Å²) in [5.41, 5.74) is 3.54. The fourth-order valence-electron chi connectivity index (χ4n) is 2.76. The molecule has 0 aliphatic carbocycles. The number of amides is 2. The van der Waals surface area contributed by atoms with Crippen molar-refractivity contribution in [1.82, 2.24) is 9.80 Å². The summed E-state index contributed by atoms with van der Waals surface area (Å²) in [7, 11) is 0. The average molecular weight is 244 g/mol. The topological polar surface area (TPSA) is 40.6 Å². The molecular weight excluding hydrogens is 228 g/mol. The second-order valence-electron chi connectivity index (χ2n) is 4.81. The van der Waals surface area contributed by atoms with E-state index in [1.54, 1.807) is 0 Å². The van der Waals surface area contributed by atoms with Gasteiger partial charge in [-0.3, -0.25) is 9.59 Å². The molecule has 0 radical (unpaired) electrons. The fraction of sp³-hybridized carbons (Fsp3) is 0.429. The first-order valence-corrected chi connectivity index (χ1v) is 6.40. The Balaban J connectivity index is 2.05. The van der Waals surface area contributed by atoms with Crippen molar-refractivity contribution < 1.29 is 9.59 Å². The third kappa shape index (κ3) is 1.38. The summed E-state index contributed by atoms with van der Waals surface area (Å²) in [6.45, 7) is 6.65. The van der Waals surface area contributed by atoms with E-state index in [4.69, 9.17) is 0 Å². The Bertz CT molecular complexity index is 501. The minimum atomic E-state index is 0.0951. The van der Waals surface area contributed by atoms with E-state index < -0.39 is 0 Å². The van der Waals surface area contributed by atoms with Gasteiger partial charge in [0.1, 0.15) is 0 Å². The molecule has 0 atom stereocenters.